The molecule has 4 heteroatoms. The highest BCUT2D eigenvalue weighted by molar-refractivity contribution is 5.85. The minimum Gasteiger partial charge on any atom is -0.327 e. The van der Waals surface area contributed by atoms with Crippen LogP contribution in [0.1, 0.15) is 25.8 Å². The van der Waals surface area contributed by atoms with Crippen LogP contribution in [-0.2, 0) is 6.54 Å². The Balaban J connectivity index is 0.00000162. The highest BCUT2D eigenvalue weighted by Crippen LogP contribution is 2.28. The summed E-state index contributed by atoms with van der Waals surface area (Å²) in [7, 11) is 0. The Bertz CT molecular complexity index is 395. The molecule has 0 bridgehead atoms. The van der Waals surface area contributed by atoms with Gasteiger partial charge in [-0.15, -0.1) is 12.4 Å². The minimum absolute atomic E-state index is 0. The summed E-state index contributed by atoms with van der Waals surface area (Å²) in [6.07, 6.45) is 0.988. The third kappa shape index (κ3) is 3.44. The lowest BCUT2D eigenvalue weighted by molar-refractivity contribution is 0.0890. The molecule has 1 atom stereocenters. The van der Waals surface area contributed by atoms with Gasteiger partial charge in [0.2, 0.25) is 0 Å². The average Bonchev–Trinajstić information content (AvgIpc) is 2.26. The zero-order valence-corrected chi connectivity index (χ0v) is 11.8. The van der Waals surface area contributed by atoms with Gasteiger partial charge < -0.3 is 5.73 Å². The molecule has 18 heavy (non-hydrogen) atoms. The number of nitrogens with two attached hydrogens (primary N) is 1. The first-order valence-corrected chi connectivity index (χ1v) is 6.20. The number of nitrogens with zero attached hydrogens (tertiary/aromatic N) is 1. The molecule has 102 valence electrons. The van der Waals surface area contributed by atoms with Crippen LogP contribution in [0.2, 0.25) is 0 Å². The molecule has 2 nitrogen and oxygen atoms in total. The summed E-state index contributed by atoms with van der Waals surface area (Å²) in [5.41, 5.74) is 6.99. The normalized spacial score (nSPS) is 23.4. The summed E-state index contributed by atoms with van der Waals surface area (Å²) < 4.78 is 13.6. The maximum Gasteiger partial charge on any atom is 0.127 e. The quantitative estimate of drug-likeness (QED) is 0.897. The highest BCUT2D eigenvalue weighted by Gasteiger charge is 2.33. The number of halogens is 2. The van der Waals surface area contributed by atoms with Crippen LogP contribution in [-0.4, -0.2) is 24.0 Å². The Kier molecular flexibility index (Phi) is 5.14. The number of hydrogen-bond acceptors (Lipinski definition) is 2. The summed E-state index contributed by atoms with van der Waals surface area (Å²) in [5.74, 6) is -0.111. The molecular formula is C14H22ClFN2. The lowest BCUT2D eigenvalue weighted by Crippen LogP contribution is -2.52. The predicted molar refractivity (Wildman–Crippen MR) is 75.3 cm³/mol. The molecule has 1 saturated heterocycles. The van der Waals surface area contributed by atoms with Crippen molar-refractivity contribution in [3.05, 3.63) is 35.6 Å². The van der Waals surface area contributed by atoms with Gasteiger partial charge in [-0.25, -0.2) is 4.39 Å². The van der Waals surface area contributed by atoms with Crippen molar-refractivity contribution in [2.45, 2.75) is 32.9 Å². The summed E-state index contributed by atoms with van der Waals surface area (Å²) >= 11 is 0. The fraction of sp³-hybridized carbons (Fsp3) is 0.571. The van der Waals surface area contributed by atoms with Gasteiger partial charge in [-0.1, -0.05) is 32.0 Å². The second kappa shape index (κ2) is 6.00. The summed E-state index contributed by atoms with van der Waals surface area (Å²) in [6, 6.07) is 7.25. The second-order valence-corrected chi connectivity index (χ2v) is 5.69. The molecule has 0 aliphatic carbocycles. The smallest absolute Gasteiger partial charge is 0.127 e. The van der Waals surface area contributed by atoms with Crippen LogP contribution >= 0.6 is 12.4 Å². The molecule has 1 heterocycles. The van der Waals surface area contributed by atoms with Gasteiger partial charge in [0.15, 0.2) is 0 Å². The van der Waals surface area contributed by atoms with Gasteiger partial charge in [0.05, 0.1) is 0 Å². The molecule has 2 rings (SSSR count). The number of rotatable bonds is 2. The molecule has 1 aliphatic heterocycles. The summed E-state index contributed by atoms with van der Waals surface area (Å²) in [4.78, 5) is 2.29. The lowest BCUT2D eigenvalue weighted by atomic mass is 9.79. The van der Waals surface area contributed by atoms with Crippen LogP contribution in [0.3, 0.4) is 0 Å². The number of hydrogen-bond donors (Lipinski definition) is 1. The molecule has 0 radical (unpaired) electrons. The lowest BCUT2D eigenvalue weighted by Gasteiger charge is -2.42. The highest BCUT2D eigenvalue weighted by atomic mass is 35.5. The van der Waals surface area contributed by atoms with Crippen molar-refractivity contribution >= 4 is 12.4 Å². The van der Waals surface area contributed by atoms with E-state index in [1.807, 2.05) is 12.1 Å². The van der Waals surface area contributed by atoms with Gasteiger partial charge in [0.25, 0.3) is 0 Å². The topological polar surface area (TPSA) is 29.3 Å². The van der Waals surface area contributed by atoms with E-state index in [0.29, 0.717) is 6.54 Å². The largest absolute Gasteiger partial charge is 0.327 e. The molecule has 1 unspecified atom stereocenters. The Morgan fingerprint density at radius 1 is 1.39 bits per heavy atom. The van der Waals surface area contributed by atoms with E-state index in [2.05, 4.69) is 18.7 Å². The van der Waals surface area contributed by atoms with Gasteiger partial charge in [-0.3, -0.25) is 4.90 Å². The molecule has 2 N–H and O–H groups in total. The van der Waals surface area contributed by atoms with Crippen molar-refractivity contribution in [2.75, 3.05) is 13.1 Å². The summed E-state index contributed by atoms with van der Waals surface area (Å²) in [5, 5.41) is 0. The molecule has 1 fully saturated rings. The first-order chi connectivity index (χ1) is 7.99. The van der Waals surface area contributed by atoms with E-state index < -0.39 is 0 Å². The van der Waals surface area contributed by atoms with Crippen LogP contribution in [0.25, 0.3) is 0 Å². The minimum atomic E-state index is -0.111. The van der Waals surface area contributed by atoms with Crippen molar-refractivity contribution in [1.29, 1.82) is 0 Å². The van der Waals surface area contributed by atoms with Crippen LogP contribution < -0.4 is 5.73 Å². The van der Waals surface area contributed by atoms with Gasteiger partial charge in [-0.05, 0) is 17.9 Å². The molecule has 0 spiro atoms. The zero-order chi connectivity index (χ0) is 12.5. The Hall–Kier alpha value is -0.640. The molecular weight excluding hydrogens is 251 g/mol. The van der Waals surface area contributed by atoms with Crippen molar-refractivity contribution in [3.63, 3.8) is 0 Å². The monoisotopic (exact) mass is 272 g/mol. The molecule has 1 aromatic carbocycles. The third-order valence-corrected chi connectivity index (χ3v) is 3.74. The number of piperidine rings is 1. The van der Waals surface area contributed by atoms with Crippen molar-refractivity contribution in [2.24, 2.45) is 11.1 Å². The van der Waals surface area contributed by atoms with Crippen LogP contribution in [0.5, 0.6) is 0 Å². The second-order valence-electron chi connectivity index (χ2n) is 5.69. The number of likely N-dealkylation sites (tertiary alicyclic amines) is 1. The standard InChI is InChI=1S/C14H21FN2.ClH/c1-14(2)10-17(8-7-13(14)16)9-11-5-3-4-6-12(11)15;/h3-6,13H,7-10,16H2,1-2H3;1H. The van der Waals surface area contributed by atoms with E-state index in [0.717, 1.165) is 25.1 Å². The Morgan fingerprint density at radius 2 is 2.06 bits per heavy atom. The van der Waals surface area contributed by atoms with Crippen molar-refractivity contribution in [1.82, 2.24) is 4.90 Å². The van der Waals surface area contributed by atoms with Gasteiger partial charge in [-0.2, -0.15) is 0 Å². The van der Waals surface area contributed by atoms with Gasteiger partial charge in [0, 0.05) is 31.2 Å². The van der Waals surface area contributed by atoms with Crippen LogP contribution in [0.15, 0.2) is 24.3 Å². The zero-order valence-electron chi connectivity index (χ0n) is 11.0. The SMILES string of the molecule is CC1(C)CN(Cc2ccccc2F)CCC1N.Cl. The van der Waals surface area contributed by atoms with Crippen molar-refractivity contribution < 1.29 is 4.39 Å². The van der Waals surface area contributed by atoms with Gasteiger partial charge in [0.1, 0.15) is 5.82 Å². The molecule has 0 aromatic heterocycles. The third-order valence-electron chi connectivity index (χ3n) is 3.74. The Morgan fingerprint density at radius 3 is 2.67 bits per heavy atom. The maximum atomic E-state index is 13.6. The fourth-order valence-corrected chi connectivity index (χ4v) is 2.49. The first kappa shape index (κ1) is 15.4. The van der Waals surface area contributed by atoms with E-state index in [1.165, 1.54) is 6.07 Å². The van der Waals surface area contributed by atoms with E-state index in [1.54, 1.807) is 6.07 Å². The first-order valence-electron chi connectivity index (χ1n) is 6.20. The van der Waals surface area contributed by atoms with Crippen molar-refractivity contribution in [3.8, 4) is 0 Å². The average molecular weight is 273 g/mol. The Labute approximate surface area is 115 Å². The predicted octanol–water partition coefficient (Wildman–Crippen LogP) is 2.81. The maximum absolute atomic E-state index is 13.6. The van der Waals surface area contributed by atoms with Gasteiger partial charge >= 0.3 is 0 Å². The van der Waals surface area contributed by atoms with E-state index in [-0.39, 0.29) is 29.7 Å². The number of benzene rings is 1. The molecule has 0 saturated carbocycles. The molecule has 1 aromatic rings. The molecule has 1 aliphatic rings. The molecule has 0 amide bonds. The van der Waals surface area contributed by atoms with Crippen LogP contribution in [0, 0.1) is 11.2 Å². The fourth-order valence-electron chi connectivity index (χ4n) is 2.49. The van der Waals surface area contributed by atoms with E-state index in [9.17, 15) is 4.39 Å². The van der Waals surface area contributed by atoms with E-state index >= 15 is 0 Å². The summed E-state index contributed by atoms with van der Waals surface area (Å²) in [6.45, 7) is 6.95. The van der Waals surface area contributed by atoms with Crippen LogP contribution in [0.4, 0.5) is 4.39 Å². The van der Waals surface area contributed by atoms with E-state index in [4.69, 9.17) is 5.73 Å².